The van der Waals surface area contributed by atoms with E-state index < -0.39 is 0 Å². The molecule has 0 amide bonds. The Balaban J connectivity index is 2.01. The molecular formula is C24H24N4O3. The first-order valence-electron chi connectivity index (χ1n) is 10.1. The fraction of sp³-hybridized carbons (Fsp3) is 0.208. The van der Waals surface area contributed by atoms with Crippen LogP contribution in [0.2, 0.25) is 0 Å². The number of para-hydroxylation sites is 1. The highest BCUT2D eigenvalue weighted by molar-refractivity contribution is 5.93. The van der Waals surface area contributed by atoms with Gasteiger partial charge in [-0.1, -0.05) is 24.8 Å². The fourth-order valence-electron chi connectivity index (χ4n) is 3.85. The Morgan fingerprint density at radius 1 is 1.13 bits per heavy atom. The second-order valence-electron chi connectivity index (χ2n) is 7.53. The van der Waals surface area contributed by atoms with Gasteiger partial charge < -0.3 is 5.11 Å². The van der Waals surface area contributed by atoms with Crippen molar-refractivity contribution in [1.29, 1.82) is 0 Å². The highest BCUT2D eigenvalue weighted by Gasteiger charge is 2.16. The zero-order valence-electron chi connectivity index (χ0n) is 17.8. The van der Waals surface area contributed by atoms with E-state index in [-0.39, 0.29) is 17.9 Å². The van der Waals surface area contributed by atoms with Crippen LogP contribution in [-0.2, 0) is 13.2 Å². The minimum Gasteiger partial charge on any atom is -0.388 e. The number of pyridine rings is 1. The van der Waals surface area contributed by atoms with Crippen molar-refractivity contribution in [3.8, 4) is 11.4 Å². The summed E-state index contributed by atoms with van der Waals surface area (Å²) in [6.07, 6.45) is 1.80. The number of hydrogen-bond donors (Lipinski definition) is 1. The summed E-state index contributed by atoms with van der Waals surface area (Å²) in [6, 6.07) is 12.9. The van der Waals surface area contributed by atoms with Gasteiger partial charge in [-0.15, -0.1) is 5.10 Å². The molecule has 7 heteroatoms. The van der Waals surface area contributed by atoms with Crippen molar-refractivity contribution in [2.24, 2.45) is 0 Å². The number of fused-ring (bicyclic) bond motifs is 1. The van der Waals surface area contributed by atoms with Crippen LogP contribution in [0.5, 0.6) is 0 Å². The Bertz CT molecular complexity index is 1440. The van der Waals surface area contributed by atoms with Gasteiger partial charge in [0.2, 0.25) is 0 Å². The molecule has 31 heavy (non-hydrogen) atoms. The fourth-order valence-corrected chi connectivity index (χ4v) is 3.85. The van der Waals surface area contributed by atoms with Crippen LogP contribution in [0.3, 0.4) is 0 Å². The maximum atomic E-state index is 13.3. The molecule has 0 aliphatic carbocycles. The van der Waals surface area contributed by atoms with Crippen molar-refractivity contribution in [1.82, 2.24) is 18.9 Å². The minimum absolute atomic E-state index is 0.150. The Morgan fingerprint density at radius 2 is 1.87 bits per heavy atom. The van der Waals surface area contributed by atoms with Gasteiger partial charge in [-0.05, 0) is 61.6 Å². The molecule has 0 saturated heterocycles. The van der Waals surface area contributed by atoms with Crippen LogP contribution in [-0.4, -0.2) is 24.0 Å². The van der Waals surface area contributed by atoms with Gasteiger partial charge in [-0.2, -0.15) is 4.68 Å². The lowest BCUT2D eigenvalue weighted by molar-refractivity contribution is 0.264. The molecule has 4 rings (SSSR count). The molecule has 2 heterocycles. The third kappa shape index (κ3) is 3.33. The van der Waals surface area contributed by atoms with Crippen molar-refractivity contribution >= 4 is 16.3 Å². The topological polar surface area (TPSA) is 82.0 Å². The number of aromatic nitrogens is 4. The maximum Gasteiger partial charge on any atom is 0.350 e. The Hall–Kier alpha value is -3.71. The van der Waals surface area contributed by atoms with Gasteiger partial charge in [-0.3, -0.25) is 13.9 Å². The number of aliphatic hydroxyl groups excluding tert-OH is 1. The Morgan fingerprint density at radius 3 is 2.48 bits per heavy atom. The quantitative estimate of drug-likeness (QED) is 0.542. The van der Waals surface area contributed by atoms with E-state index in [2.05, 4.69) is 11.7 Å². The molecule has 0 spiro atoms. The van der Waals surface area contributed by atoms with E-state index in [1.165, 1.54) is 9.25 Å². The average molecular weight is 416 g/mol. The highest BCUT2D eigenvalue weighted by Crippen LogP contribution is 2.26. The van der Waals surface area contributed by atoms with Crippen molar-refractivity contribution in [3.05, 3.63) is 93.0 Å². The highest BCUT2D eigenvalue weighted by atomic mass is 16.3. The lowest BCUT2D eigenvalue weighted by atomic mass is 10.0. The molecule has 0 atom stereocenters. The average Bonchev–Trinajstić information content (AvgIpc) is 3.09. The van der Waals surface area contributed by atoms with E-state index in [4.69, 9.17) is 0 Å². The first-order chi connectivity index (χ1) is 14.9. The molecular weight excluding hydrogens is 392 g/mol. The van der Waals surface area contributed by atoms with Crippen LogP contribution in [0.15, 0.2) is 64.8 Å². The monoisotopic (exact) mass is 416 g/mol. The van der Waals surface area contributed by atoms with Crippen LogP contribution in [0.25, 0.3) is 27.7 Å². The zero-order chi connectivity index (χ0) is 22.3. The smallest absolute Gasteiger partial charge is 0.350 e. The van der Waals surface area contributed by atoms with Crippen LogP contribution < -0.4 is 11.2 Å². The van der Waals surface area contributed by atoms with Gasteiger partial charge in [0.15, 0.2) is 5.82 Å². The standard InChI is InChI=1S/C24H24N4O3/c1-5-26-22(14-29)25-28(24(26)31)17-10-11-18-19(12-17)20(15(2)3)13-27(23(18)30)21-9-7-6-8-16(21)4/h6-13,29H,2,5,14H2,1,3-4H3. The van der Waals surface area contributed by atoms with E-state index in [1.54, 1.807) is 29.0 Å². The van der Waals surface area contributed by atoms with Crippen LogP contribution in [0, 0.1) is 6.92 Å². The molecule has 4 aromatic rings. The molecule has 7 nitrogen and oxygen atoms in total. The predicted molar refractivity (Wildman–Crippen MR) is 122 cm³/mol. The Kier molecular flexibility index (Phi) is 5.20. The summed E-state index contributed by atoms with van der Waals surface area (Å²) in [5, 5.41) is 15.0. The minimum atomic E-state index is -0.337. The number of aliphatic hydroxyl groups is 1. The summed E-state index contributed by atoms with van der Waals surface area (Å²) < 4.78 is 4.31. The van der Waals surface area contributed by atoms with Crippen molar-refractivity contribution in [3.63, 3.8) is 0 Å². The number of aryl methyl sites for hydroxylation is 1. The summed E-state index contributed by atoms with van der Waals surface area (Å²) in [6.45, 7) is 9.83. The molecule has 0 aliphatic rings. The van der Waals surface area contributed by atoms with E-state index in [0.717, 1.165) is 22.4 Å². The number of benzene rings is 2. The van der Waals surface area contributed by atoms with Gasteiger partial charge in [0.25, 0.3) is 5.56 Å². The lowest BCUT2D eigenvalue weighted by Crippen LogP contribution is -2.24. The molecule has 0 radical (unpaired) electrons. The third-order valence-electron chi connectivity index (χ3n) is 5.48. The SMILES string of the molecule is C=C(C)c1cn(-c2ccccc2C)c(=O)c2ccc(-n3nc(CO)n(CC)c3=O)cc12. The second-order valence-corrected chi connectivity index (χ2v) is 7.53. The van der Waals surface area contributed by atoms with Gasteiger partial charge in [-0.25, -0.2) is 4.79 Å². The summed E-state index contributed by atoms with van der Waals surface area (Å²) in [7, 11) is 0. The van der Waals surface area contributed by atoms with Crippen molar-refractivity contribution < 1.29 is 5.11 Å². The molecule has 2 aromatic carbocycles. The lowest BCUT2D eigenvalue weighted by Gasteiger charge is -2.15. The predicted octanol–water partition coefficient (Wildman–Crippen LogP) is 3.19. The normalized spacial score (nSPS) is 11.2. The maximum absolute atomic E-state index is 13.3. The number of nitrogens with zero attached hydrogens (tertiary/aromatic N) is 4. The van der Waals surface area contributed by atoms with E-state index in [1.807, 2.05) is 45.0 Å². The summed E-state index contributed by atoms with van der Waals surface area (Å²) in [5.74, 6) is 0.294. The summed E-state index contributed by atoms with van der Waals surface area (Å²) in [4.78, 5) is 26.1. The van der Waals surface area contributed by atoms with Gasteiger partial charge in [0.1, 0.15) is 6.61 Å². The second kappa shape index (κ2) is 7.85. The first kappa shape index (κ1) is 20.6. The molecule has 0 saturated carbocycles. The van der Waals surface area contributed by atoms with Crippen molar-refractivity contribution in [2.45, 2.75) is 33.9 Å². The van der Waals surface area contributed by atoms with Crippen molar-refractivity contribution in [2.75, 3.05) is 0 Å². The molecule has 0 unspecified atom stereocenters. The molecule has 158 valence electrons. The van der Waals surface area contributed by atoms with E-state index in [0.29, 0.717) is 28.8 Å². The first-order valence-corrected chi connectivity index (χ1v) is 10.1. The zero-order valence-corrected chi connectivity index (χ0v) is 17.8. The summed E-state index contributed by atoms with van der Waals surface area (Å²) >= 11 is 0. The number of allylic oxidation sites excluding steroid dienone is 1. The van der Waals surface area contributed by atoms with Crippen LogP contribution in [0.1, 0.15) is 30.8 Å². The third-order valence-corrected chi connectivity index (χ3v) is 5.48. The number of hydrogen-bond acceptors (Lipinski definition) is 4. The van der Waals surface area contributed by atoms with Gasteiger partial charge >= 0.3 is 5.69 Å². The van der Waals surface area contributed by atoms with E-state index >= 15 is 0 Å². The van der Waals surface area contributed by atoms with Gasteiger partial charge in [0, 0.05) is 23.7 Å². The molecule has 0 fully saturated rings. The molecule has 1 N–H and O–H groups in total. The molecule has 0 bridgehead atoms. The molecule has 0 aliphatic heterocycles. The van der Waals surface area contributed by atoms with E-state index in [9.17, 15) is 14.7 Å². The largest absolute Gasteiger partial charge is 0.388 e. The number of rotatable bonds is 5. The van der Waals surface area contributed by atoms with Crippen LogP contribution in [0.4, 0.5) is 0 Å². The van der Waals surface area contributed by atoms with Gasteiger partial charge in [0.05, 0.1) is 11.4 Å². The molecule has 2 aromatic heterocycles. The summed E-state index contributed by atoms with van der Waals surface area (Å²) in [5.41, 5.74) is 3.44. The Labute approximate surface area is 179 Å². The van der Waals surface area contributed by atoms with Crippen LogP contribution >= 0.6 is 0 Å².